The van der Waals surface area contributed by atoms with Crippen molar-refractivity contribution in [2.24, 2.45) is 5.92 Å². The SMILES string of the molecule is COc1ccc2c(c1)Oc1cc(OC(=O)N3CCC[C@H](CS)[C@@H]3CS)ccc1C21OC(=O)c2ccccc21. The van der Waals surface area contributed by atoms with Crippen LogP contribution in [0.25, 0.3) is 0 Å². The van der Waals surface area contributed by atoms with Crippen LogP contribution in [-0.2, 0) is 10.3 Å². The highest BCUT2D eigenvalue weighted by Gasteiger charge is 2.53. The highest BCUT2D eigenvalue weighted by molar-refractivity contribution is 7.80. The van der Waals surface area contributed by atoms with Crippen LogP contribution in [-0.4, -0.2) is 48.2 Å². The zero-order valence-electron chi connectivity index (χ0n) is 20.8. The first kappa shape index (κ1) is 25.0. The summed E-state index contributed by atoms with van der Waals surface area (Å²) in [5, 5.41) is 0. The fraction of sp³-hybridized carbons (Fsp3) is 0.310. The lowest BCUT2D eigenvalue weighted by molar-refractivity contribution is 0.0224. The van der Waals surface area contributed by atoms with Gasteiger partial charge in [-0.05, 0) is 54.8 Å². The van der Waals surface area contributed by atoms with E-state index in [-0.39, 0.29) is 12.0 Å². The largest absolute Gasteiger partial charge is 0.497 e. The summed E-state index contributed by atoms with van der Waals surface area (Å²) in [5.41, 5.74) is 1.37. The number of amides is 1. The molecule has 196 valence electrons. The predicted octanol–water partition coefficient (Wildman–Crippen LogP) is 5.70. The number of thiol groups is 2. The number of hydrogen-bond acceptors (Lipinski definition) is 8. The Morgan fingerprint density at radius 2 is 1.71 bits per heavy atom. The van der Waals surface area contributed by atoms with Crippen LogP contribution >= 0.6 is 25.3 Å². The van der Waals surface area contributed by atoms with E-state index in [4.69, 9.17) is 18.9 Å². The Balaban J connectivity index is 1.40. The molecule has 6 rings (SSSR count). The lowest BCUT2D eigenvalue weighted by Crippen LogP contribution is -2.51. The van der Waals surface area contributed by atoms with Gasteiger partial charge in [-0.2, -0.15) is 25.3 Å². The molecule has 1 unspecified atom stereocenters. The third kappa shape index (κ3) is 3.82. The maximum absolute atomic E-state index is 13.2. The molecule has 0 N–H and O–H groups in total. The Morgan fingerprint density at radius 3 is 2.42 bits per heavy atom. The van der Waals surface area contributed by atoms with Gasteiger partial charge in [0, 0.05) is 47.2 Å². The van der Waals surface area contributed by atoms with Crippen LogP contribution in [0.3, 0.4) is 0 Å². The average Bonchev–Trinajstić information content (AvgIpc) is 3.24. The maximum atomic E-state index is 13.2. The molecule has 0 radical (unpaired) electrons. The van der Waals surface area contributed by atoms with Crippen molar-refractivity contribution in [1.29, 1.82) is 0 Å². The van der Waals surface area contributed by atoms with Crippen molar-refractivity contribution < 1.29 is 28.5 Å². The van der Waals surface area contributed by atoms with Gasteiger partial charge in [-0.3, -0.25) is 0 Å². The fourth-order valence-electron chi connectivity index (χ4n) is 5.81. The predicted molar refractivity (Wildman–Crippen MR) is 148 cm³/mol. The molecule has 3 aromatic carbocycles. The Morgan fingerprint density at radius 1 is 1.00 bits per heavy atom. The highest BCUT2D eigenvalue weighted by atomic mass is 32.1. The summed E-state index contributed by atoms with van der Waals surface area (Å²) in [5.74, 6) is 2.94. The van der Waals surface area contributed by atoms with Crippen LogP contribution in [0.5, 0.6) is 23.0 Å². The van der Waals surface area contributed by atoms with Crippen molar-refractivity contribution in [3.05, 3.63) is 82.9 Å². The van der Waals surface area contributed by atoms with Gasteiger partial charge in [-0.1, -0.05) is 18.2 Å². The van der Waals surface area contributed by atoms with Gasteiger partial charge in [-0.25, -0.2) is 9.59 Å². The Labute approximate surface area is 231 Å². The summed E-state index contributed by atoms with van der Waals surface area (Å²) < 4.78 is 23.7. The van der Waals surface area contributed by atoms with E-state index in [1.54, 1.807) is 42.3 Å². The number of carbonyl (C=O) groups is 2. The Hall–Kier alpha value is -3.30. The molecule has 3 aliphatic rings. The molecule has 9 heteroatoms. The van der Waals surface area contributed by atoms with E-state index in [0.29, 0.717) is 57.7 Å². The number of esters is 1. The van der Waals surface area contributed by atoms with Gasteiger partial charge in [0.05, 0.1) is 12.7 Å². The minimum atomic E-state index is -1.20. The van der Waals surface area contributed by atoms with E-state index in [9.17, 15) is 9.59 Å². The standard InChI is InChI=1S/C29H27NO6S2/c1-33-18-8-10-22-25(13-18)35-26-14-19(34-28(32)30-12-4-5-17(15-37)24(30)16-38)9-11-23(26)29(22)21-7-3-2-6-20(21)27(31)36-29/h2-3,6-11,13-14,17,24,37-38H,4-5,12,15-16H2,1H3/t17-,24+,29?/m1/s1. The summed E-state index contributed by atoms with van der Waals surface area (Å²) >= 11 is 8.96. The zero-order valence-corrected chi connectivity index (χ0v) is 22.5. The van der Waals surface area contributed by atoms with E-state index in [1.165, 1.54) is 0 Å². The molecule has 3 aliphatic heterocycles. The molecule has 0 aromatic heterocycles. The molecule has 1 saturated heterocycles. The van der Waals surface area contributed by atoms with Crippen LogP contribution in [0.15, 0.2) is 60.7 Å². The van der Waals surface area contributed by atoms with Gasteiger partial charge in [0.15, 0.2) is 5.60 Å². The number of ether oxygens (including phenoxy) is 4. The maximum Gasteiger partial charge on any atom is 0.415 e. The summed E-state index contributed by atoms with van der Waals surface area (Å²) in [7, 11) is 1.58. The second-order valence-electron chi connectivity index (χ2n) is 9.63. The first-order valence-corrected chi connectivity index (χ1v) is 13.8. The molecule has 1 fully saturated rings. The smallest absolute Gasteiger partial charge is 0.415 e. The van der Waals surface area contributed by atoms with Crippen LogP contribution in [0.2, 0.25) is 0 Å². The lowest BCUT2D eigenvalue weighted by atomic mass is 9.77. The number of benzene rings is 3. The van der Waals surface area contributed by atoms with Crippen LogP contribution < -0.4 is 14.2 Å². The number of nitrogens with zero attached hydrogens (tertiary/aromatic N) is 1. The van der Waals surface area contributed by atoms with Crippen molar-refractivity contribution in [2.75, 3.05) is 25.2 Å². The van der Waals surface area contributed by atoms with Crippen LogP contribution in [0.1, 0.15) is 39.9 Å². The van der Waals surface area contributed by atoms with Crippen molar-refractivity contribution in [3.8, 4) is 23.0 Å². The molecular formula is C29H27NO6S2. The Bertz CT molecular complexity index is 1430. The number of likely N-dealkylation sites (tertiary alicyclic amines) is 1. The first-order chi connectivity index (χ1) is 18.5. The fourth-order valence-corrected chi connectivity index (χ4v) is 6.73. The molecule has 1 spiro atoms. The van der Waals surface area contributed by atoms with E-state index in [0.717, 1.165) is 18.4 Å². The summed E-state index contributed by atoms with van der Waals surface area (Å²) in [6.45, 7) is 0.610. The highest BCUT2D eigenvalue weighted by Crippen LogP contribution is 2.57. The van der Waals surface area contributed by atoms with Gasteiger partial charge in [0.25, 0.3) is 0 Å². The topological polar surface area (TPSA) is 74.3 Å². The molecule has 1 amide bonds. The van der Waals surface area contributed by atoms with Crippen molar-refractivity contribution in [3.63, 3.8) is 0 Å². The number of piperidine rings is 1. The van der Waals surface area contributed by atoms with Crippen molar-refractivity contribution in [2.45, 2.75) is 24.5 Å². The molecule has 0 aliphatic carbocycles. The zero-order chi connectivity index (χ0) is 26.4. The van der Waals surface area contributed by atoms with Gasteiger partial charge < -0.3 is 23.8 Å². The third-order valence-corrected chi connectivity index (χ3v) is 8.52. The van der Waals surface area contributed by atoms with E-state index in [2.05, 4.69) is 25.3 Å². The van der Waals surface area contributed by atoms with Crippen molar-refractivity contribution >= 4 is 37.3 Å². The lowest BCUT2D eigenvalue weighted by Gasteiger charge is -2.39. The first-order valence-electron chi connectivity index (χ1n) is 12.5. The van der Waals surface area contributed by atoms with Crippen LogP contribution in [0.4, 0.5) is 4.79 Å². The van der Waals surface area contributed by atoms with Gasteiger partial charge >= 0.3 is 12.1 Å². The average molecular weight is 550 g/mol. The molecule has 0 saturated carbocycles. The Kier molecular flexibility index (Phi) is 6.44. The van der Waals surface area contributed by atoms with Gasteiger partial charge in [-0.15, -0.1) is 0 Å². The number of methoxy groups -OCH3 is 1. The number of rotatable bonds is 4. The molecule has 38 heavy (non-hydrogen) atoms. The monoisotopic (exact) mass is 549 g/mol. The third-order valence-electron chi connectivity index (χ3n) is 7.67. The second-order valence-corrected chi connectivity index (χ2v) is 10.4. The molecule has 3 aromatic rings. The van der Waals surface area contributed by atoms with Gasteiger partial charge in [0.1, 0.15) is 23.0 Å². The molecular weight excluding hydrogens is 522 g/mol. The molecule has 3 heterocycles. The van der Waals surface area contributed by atoms with Gasteiger partial charge in [0.2, 0.25) is 0 Å². The van der Waals surface area contributed by atoms with Crippen LogP contribution in [0, 0.1) is 5.92 Å². The van der Waals surface area contributed by atoms with E-state index in [1.807, 2.05) is 30.3 Å². The quantitative estimate of drug-likeness (QED) is 0.321. The molecule has 7 nitrogen and oxygen atoms in total. The number of carbonyl (C=O) groups excluding carboxylic acids is 2. The van der Waals surface area contributed by atoms with Crippen molar-refractivity contribution in [1.82, 2.24) is 4.90 Å². The second kappa shape index (κ2) is 9.78. The number of fused-ring (bicyclic) bond motifs is 6. The van der Waals surface area contributed by atoms with E-state index >= 15 is 0 Å². The minimum Gasteiger partial charge on any atom is -0.497 e. The summed E-state index contributed by atoms with van der Waals surface area (Å²) in [4.78, 5) is 28.0. The molecule has 3 atom stereocenters. The minimum absolute atomic E-state index is 0.0389. The number of hydrogen-bond donors (Lipinski definition) is 2. The van der Waals surface area contributed by atoms with E-state index < -0.39 is 17.7 Å². The normalized spacial score (nSPS) is 23.1. The summed E-state index contributed by atoms with van der Waals surface area (Å²) in [6, 6.07) is 17.9. The summed E-state index contributed by atoms with van der Waals surface area (Å²) in [6.07, 6.45) is 1.47. The molecule has 0 bridgehead atoms.